The van der Waals surface area contributed by atoms with Crippen LogP contribution in [0.2, 0.25) is 0 Å². The van der Waals surface area contributed by atoms with Gasteiger partial charge in [-0.1, -0.05) is 62.4 Å². The lowest BCUT2D eigenvalue weighted by atomic mass is 9.94. The summed E-state index contributed by atoms with van der Waals surface area (Å²) in [6.07, 6.45) is 5.66. The van der Waals surface area contributed by atoms with Crippen molar-refractivity contribution < 1.29 is 0 Å². The van der Waals surface area contributed by atoms with E-state index in [1.165, 1.54) is 0 Å². The molecule has 0 saturated carbocycles. The van der Waals surface area contributed by atoms with E-state index < -0.39 is 0 Å². The SMILES string of the molecule is C=Cc1nc(C)nc(CCCC)c1Cc1ccc(-c2ccccc2)c(C#N)c1. The maximum Gasteiger partial charge on any atom is 0.126 e. The Morgan fingerprint density at radius 1 is 1.11 bits per heavy atom. The third-order valence-electron chi connectivity index (χ3n) is 4.87. The number of aryl methyl sites for hydroxylation is 2. The normalized spacial score (nSPS) is 10.5. The minimum atomic E-state index is 0.687. The molecule has 0 amide bonds. The number of hydrogen-bond acceptors (Lipinski definition) is 3. The second-order valence-corrected chi connectivity index (χ2v) is 6.92. The quantitative estimate of drug-likeness (QED) is 0.522. The fourth-order valence-electron chi connectivity index (χ4n) is 3.46. The molecule has 1 heterocycles. The van der Waals surface area contributed by atoms with Crippen molar-refractivity contribution in [3.05, 3.63) is 89.0 Å². The first-order valence-corrected chi connectivity index (χ1v) is 9.73. The number of rotatable bonds is 7. The van der Waals surface area contributed by atoms with Gasteiger partial charge >= 0.3 is 0 Å². The summed E-state index contributed by atoms with van der Waals surface area (Å²) in [6, 6.07) is 18.5. The van der Waals surface area contributed by atoms with Crippen molar-refractivity contribution >= 4 is 6.08 Å². The molecule has 140 valence electrons. The first kappa shape index (κ1) is 19.5. The maximum atomic E-state index is 9.69. The van der Waals surface area contributed by atoms with Gasteiger partial charge in [0.2, 0.25) is 0 Å². The van der Waals surface area contributed by atoms with Gasteiger partial charge in [0.25, 0.3) is 0 Å². The van der Waals surface area contributed by atoms with Crippen LogP contribution >= 0.6 is 0 Å². The monoisotopic (exact) mass is 367 g/mol. The lowest BCUT2D eigenvalue weighted by molar-refractivity contribution is 0.755. The predicted molar refractivity (Wildman–Crippen MR) is 115 cm³/mol. The molecule has 0 saturated heterocycles. The van der Waals surface area contributed by atoms with E-state index in [1.807, 2.05) is 55.5 Å². The van der Waals surface area contributed by atoms with Crippen LogP contribution in [0.3, 0.4) is 0 Å². The van der Waals surface area contributed by atoms with Crippen molar-refractivity contribution in [2.75, 3.05) is 0 Å². The van der Waals surface area contributed by atoms with Crippen LogP contribution < -0.4 is 0 Å². The van der Waals surface area contributed by atoms with E-state index in [4.69, 9.17) is 4.98 Å². The van der Waals surface area contributed by atoms with Gasteiger partial charge in [-0.15, -0.1) is 0 Å². The van der Waals surface area contributed by atoms with E-state index in [0.717, 1.165) is 58.7 Å². The van der Waals surface area contributed by atoms with E-state index in [2.05, 4.69) is 30.6 Å². The van der Waals surface area contributed by atoms with Crippen molar-refractivity contribution in [3.63, 3.8) is 0 Å². The Morgan fingerprint density at radius 2 is 1.89 bits per heavy atom. The van der Waals surface area contributed by atoms with Gasteiger partial charge in [-0.2, -0.15) is 5.26 Å². The zero-order chi connectivity index (χ0) is 19.9. The van der Waals surface area contributed by atoms with E-state index in [0.29, 0.717) is 12.0 Å². The van der Waals surface area contributed by atoms with Crippen LogP contribution in [-0.4, -0.2) is 9.97 Å². The predicted octanol–water partition coefficient (Wildman–Crippen LogP) is 5.90. The maximum absolute atomic E-state index is 9.69. The molecule has 3 aromatic rings. The molecule has 3 rings (SSSR count). The van der Waals surface area contributed by atoms with Gasteiger partial charge < -0.3 is 0 Å². The average molecular weight is 367 g/mol. The Kier molecular flexibility index (Phi) is 6.34. The van der Waals surface area contributed by atoms with Crippen molar-refractivity contribution in [2.24, 2.45) is 0 Å². The molecule has 1 aromatic heterocycles. The number of nitriles is 1. The molecule has 0 aliphatic heterocycles. The largest absolute Gasteiger partial charge is 0.238 e. The molecule has 0 fully saturated rings. The highest BCUT2D eigenvalue weighted by Gasteiger charge is 2.13. The van der Waals surface area contributed by atoms with E-state index in [1.54, 1.807) is 0 Å². The molecule has 2 aromatic carbocycles. The number of nitrogens with zero attached hydrogens (tertiary/aromatic N) is 3. The van der Waals surface area contributed by atoms with Crippen LogP contribution in [0.25, 0.3) is 17.2 Å². The van der Waals surface area contributed by atoms with Gasteiger partial charge in [0.15, 0.2) is 0 Å². The van der Waals surface area contributed by atoms with E-state index in [-0.39, 0.29) is 0 Å². The molecule has 0 unspecified atom stereocenters. The molecular formula is C25H25N3. The van der Waals surface area contributed by atoms with Gasteiger partial charge in [-0.3, -0.25) is 0 Å². The second kappa shape index (κ2) is 9.10. The Bertz CT molecular complexity index is 1010. The second-order valence-electron chi connectivity index (χ2n) is 6.92. The summed E-state index contributed by atoms with van der Waals surface area (Å²) < 4.78 is 0. The molecule has 3 nitrogen and oxygen atoms in total. The first-order valence-electron chi connectivity index (χ1n) is 9.73. The Balaban J connectivity index is 2.00. The molecule has 28 heavy (non-hydrogen) atoms. The van der Waals surface area contributed by atoms with Crippen LogP contribution in [0.1, 0.15) is 53.7 Å². The zero-order valence-electron chi connectivity index (χ0n) is 16.6. The highest BCUT2D eigenvalue weighted by atomic mass is 14.9. The fourth-order valence-corrected chi connectivity index (χ4v) is 3.46. The van der Waals surface area contributed by atoms with Gasteiger partial charge in [0, 0.05) is 17.7 Å². The van der Waals surface area contributed by atoms with Crippen LogP contribution in [0.4, 0.5) is 0 Å². The van der Waals surface area contributed by atoms with E-state index >= 15 is 0 Å². The Morgan fingerprint density at radius 3 is 2.57 bits per heavy atom. The van der Waals surface area contributed by atoms with Crippen molar-refractivity contribution in [2.45, 2.75) is 39.5 Å². The number of benzene rings is 2. The van der Waals surface area contributed by atoms with Gasteiger partial charge in [0.05, 0.1) is 17.3 Å². The van der Waals surface area contributed by atoms with Gasteiger partial charge in [-0.05, 0) is 48.6 Å². The molecular weight excluding hydrogens is 342 g/mol. The van der Waals surface area contributed by atoms with Crippen LogP contribution in [0.15, 0.2) is 55.1 Å². The van der Waals surface area contributed by atoms with Crippen molar-refractivity contribution in [1.29, 1.82) is 5.26 Å². The summed E-state index contributed by atoms with van der Waals surface area (Å²) in [7, 11) is 0. The Labute approximate surface area is 167 Å². The number of unbranched alkanes of at least 4 members (excludes halogenated alkanes) is 1. The lowest BCUT2D eigenvalue weighted by Gasteiger charge is -2.14. The fraction of sp³-hybridized carbons (Fsp3) is 0.240. The number of hydrogen-bond donors (Lipinski definition) is 0. The zero-order valence-corrected chi connectivity index (χ0v) is 16.6. The molecule has 0 atom stereocenters. The third-order valence-corrected chi connectivity index (χ3v) is 4.87. The first-order chi connectivity index (χ1) is 13.7. The van der Waals surface area contributed by atoms with Gasteiger partial charge in [0.1, 0.15) is 5.82 Å². The molecule has 3 heteroatoms. The standard InChI is InChI=1S/C25H25N3/c1-4-6-12-25-23(24(5-2)27-18(3)28-25)16-19-13-14-22(21(15-19)17-26)20-10-8-7-9-11-20/h5,7-11,13-15H,2,4,6,12,16H2,1,3H3. The highest BCUT2D eigenvalue weighted by molar-refractivity contribution is 5.71. The summed E-state index contributed by atoms with van der Waals surface area (Å²) in [5.41, 5.74) is 6.89. The summed E-state index contributed by atoms with van der Waals surface area (Å²) in [5.74, 6) is 0.780. The Hall–Kier alpha value is -3.25. The lowest BCUT2D eigenvalue weighted by Crippen LogP contribution is -2.07. The van der Waals surface area contributed by atoms with Crippen LogP contribution in [-0.2, 0) is 12.8 Å². The average Bonchev–Trinajstić information content (AvgIpc) is 2.73. The minimum absolute atomic E-state index is 0.687. The topological polar surface area (TPSA) is 49.6 Å². The van der Waals surface area contributed by atoms with Crippen LogP contribution in [0.5, 0.6) is 0 Å². The summed E-state index contributed by atoms with van der Waals surface area (Å²) in [6.45, 7) is 8.05. The molecule has 0 N–H and O–H groups in total. The summed E-state index contributed by atoms with van der Waals surface area (Å²) >= 11 is 0. The van der Waals surface area contributed by atoms with Crippen molar-refractivity contribution in [1.82, 2.24) is 9.97 Å². The molecule has 0 aliphatic rings. The molecule has 0 radical (unpaired) electrons. The molecule has 0 spiro atoms. The van der Waals surface area contributed by atoms with Crippen LogP contribution in [0, 0.1) is 18.3 Å². The summed E-state index contributed by atoms with van der Waals surface area (Å²) in [5, 5.41) is 9.69. The highest BCUT2D eigenvalue weighted by Crippen LogP contribution is 2.26. The van der Waals surface area contributed by atoms with E-state index in [9.17, 15) is 5.26 Å². The minimum Gasteiger partial charge on any atom is -0.238 e. The molecule has 0 aliphatic carbocycles. The molecule has 0 bridgehead atoms. The summed E-state index contributed by atoms with van der Waals surface area (Å²) in [4.78, 5) is 9.27. The smallest absolute Gasteiger partial charge is 0.126 e. The van der Waals surface area contributed by atoms with Crippen molar-refractivity contribution in [3.8, 4) is 17.2 Å². The number of aromatic nitrogens is 2. The van der Waals surface area contributed by atoms with Gasteiger partial charge in [-0.25, -0.2) is 9.97 Å². The third kappa shape index (κ3) is 4.35.